The molecule has 21 heavy (non-hydrogen) atoms. The number of aliphatic hydroxyl groups is 1. The van der Waals surface area contributed by atoms with E-state index in [9.17, 15) is 9.59 Å². The number of carbonyl (C=O) groups is 2. The number of hydrogen-bond donors (Lipinski definition) is 2. The first kappa shape index (κ1) is 15.5. The van der Waals surface area contributed by atoms with Crippen LogP contribution in [0, 0.1) is 17.8 Å². The van der Waals surface area contributed by atoms with Crippen LogP contribution in [0.15, 0.2) is 11.4 Å². The van der Waals surface area contributed by atoms with Crippen molar-refractivity contribution in [2.45, 2.75) is 19.3 Å². The maximum Gasteiger partial charge on any atom is 0.254 e. The van der Waals surface area contributed by atoms with Gasteiger partial charge in [0.15, 0.2) is 0 Å². The molecule has 3 N–H and O–H groups in total. The van der Waals surface area contributed by atoms with Gasteiger partial charge in [0.05, 0.1) is 17.0 Å². The Labute approximate surface area is 127 Å². The van der Waals surface area contributed by atoms with Crippen molar-refractivity contribution < 1.29 is 14.7 Å². The molecule has 0 radical (unpaired) electrons. The van der Waals surface area contributed by atoms with Crippen molar-refractivity contribution in [2.75, 3.05) is 19.7 Å². The molecule has 1 aliphatic rings. The third-order valence-corrected chi connectivity index (χ3v) is 4.32. The summed E-state index contributed by atoms with van der Waals surface area (Å²) in [6, 6.07) is 1.78. The van der Waals surface area contributed by atoms with E-state index in [-0.39, 0.29) is 24.3 Å². The van der Waals surface area contributed by atoms with E-state index in [1.807, 2.05) is 0 Å². The maximum absolute atomic E-state index is 12.3. The van der Waals surface area contributed by atoms with Gasteiger partial charge in [0.1, 0.15) is 0 Å². The molecule has 0 aliphatic carbocycles. The Morgan fingerprint density at radius 3 is 2.76 bits per heavy atom. The van der Waals surface area contributed by atoms with Crippen LogP contribution in [0.2, 0.25) is 0 Å². The summed E-state index contributed by atoms with van der Waals surface area (Å²) in [6.07, 6.45) is 1.70. The lowest BCUT2D eigenvalue weighted by Gasteiger charge is -2.30. The third-order valence-electron chi connectivity index (χ3n) is 3.48. The van der Waals surface area contributed by atoms with Crippen LogP contribution in [0.5, 0.6) is 0 Å². The summed E-state index contributed by atoms with van der Waals surface area (Å²) in [6.45, 7) is 1.17. The van der Waals surface area contributed by atoms with Crippen molar-refractivity contribution >= 4 is 23.2 Å². The fourth-order valence-electron chi connectivity index (χ4n) is 2.27. The molecule has 1 fully saturated rings. The topological polar surface area (TPSA) is 83.6 Å². The quantitative estimate of drug-likeness (QED) is 0.811. The van der Waals surface area contributed by atoms with Crippen LogP contribution in [0.4, 0.5) is 0 Å². The van der Waals surface area contributed by atoms with E-state index in [4.69, 9.17) is 10.8 Å². The lowest BCUT2D eigenvalue weighted by atomic mass is 9.96. The van der Waals surface area contributed by atoms with Crippen molar-refractivity contribution in [1.29, 1.82) is 0 Å². The average molecular weight is 306 g/mol. The molecule has 0 bridgehead atoms. The molecule has 0 spiro atoms. The molecule has 2 amide bonds. The molecule has 112 valence electrons. The van der Waals surface area contributed by atoms with Gasteiger partial charge in [0.25, 0.3) is 5.91 Å². The van der Waals surface area contributed by atoms with Crippen LogP contribution in [0.3, 0.4) is 0 Å². The Morgan fingerprint density at radius 2 is 2.14 bits per heavy atom. The lowest BCUT2D eigenvalue weighted by molar-refractivity contribution is -0.123. The average Bonchev–Trinajstić information content (AvgIpc) is 2.96. The van der Waals surface area contributed by atoms with Crippen molar-refractivity contribution in [1.82, 2.24) is 4.90 Å². The number of nitrogens with zero attached hydrogens (tertiary/aromatic N) is 1. The number of hydrogen-bond acceptors (Lipinski definition) is 4. The second kappa shape index (κ2) is 7.25. The predicted molar refractivity (Wildman–Crippen MR) is 80.7 cm³/mol. The number of amides is 2. The maximum atomic E-state index is 12.3. The zero-order valence-corrected chi connectivity index (χ0v) is 12.5. The summed E-state index contributed by atoms with van der Waals surface area (Å²) in [5.74, 6) is 5.34. The number of likely N-dealkylation sites (tertiary alicyclic amines) is 1. The number of aliphatic hydroxyl groups excluding tert-OH is 1. The minimum Gasteiger partial charge on any atom is -0.395 e. The molecule has 1 aliphatic heterocycles. The third kappa shape index (κ3) is 4.06. The highest BCUT2D eigenvalue weighted by atomic mass is 32.1. The van der Waals surface area contributed by atoms with Gasteiger partial charge in [-0.15, -0.1) is 11.3 Å². The van der Waals surface area contributed by atoms with Crippen molar-refractivity contribution in [2.24, 2.45) is 11.7 Å². The molecule has 0 unspecified atom stereocenters. The summed E-state index contributed by atoms with van der Waals surface area (Å²) in [5, 5.41) is 10.5. The van der Waals surface area contributed by atoms with Crippen molar-refractivity contribution in [3.8, 4) is 11.8 Å². The Bertz CT molecular complexity index is 577. The second-order valence-electron chi connectivity index (χ2n) is 4.94. The first-order chi connectivity index (χ1) is 10.1. The van der Waals surface area contributed by atoms with Gasteiger partial charge < -0.3 is 15.7 Å². The molecule has 5 nitrogen and oxygen atoms in total. The van der Waals surface area contributed by atoms with E-state index < -0.39 is 0 Å². The van der Waals surface area contributed by atoms with Gasteiger partial charge in [0.2, 0.25) is 5.91 Å². The van der Waals surface area contributed by atoms with Crippen LogP contribution in [0.1, 0.15) is 34.5 Å². The van der Waals surface area contributed by atoms with Crippen molar-refractivity contribution in [3.05, 3.63) is 21.9 Å². The van der Waals surface area contributed by atoms with Gasteiger partial charge in [-0.25, -0.2) is 0 Å². The number of rotatable bonds is 3. The summed E-state index contributed by atoms with van der Waals surface area (Å²) < 4.78 is 0. The number of primary amides is 1. The van der Waals surface area contributed by atoms with E-state index in [0.29, 0.717) is 37.9 Å². The highest BCUT2D eigenvalue weighted by Gasteiger charge is 2.26. The first-order valence-electron chi connectivity index (χ1n) is 6.88. The molecule has 1 saturated heterocycles. The number of piperidine rings is 1. The normalized spacial score (nSPS) is 15.4. The van der Waals surface area contributed by atoms with Gasteiger partial charge in [-0.05, 0) is 18.9 Å². The van der Waals surface area contributed by atoms with Gasteiger partial charge in [0, 0.05) is 30.8 Å². The zero-order valence-electron chi connectivity index (χ0n) is 11.7. The molecule has 0 saturated carbocycles. The summed E-state index contributed by atoms with van der Waals surface area (Å²) in [4.78, 5) is 26.0. The van der Waals surface area contributed by atoms with Gasteiger partial charge in [-0.1, -0.05) is 11.8 Å². The Hall–Kier alpha value is -1.84. The summed E-state index contributed by atoms with van der Waals surface area (Å²) in [5.41, 5.74) is 5.92. The SMILES string of the molecule is NC(=O)C1CCN(C(=O)c2csc(C#CCCO)c2)CC1. The molecule has 0 aromatic carbocycles. The fourth-order valence-corrected chi connectivity index (χ4v) is 3.02. The minimum atomic E-state index is -0.279. The van der Waals surface area contributed by atoms with Crippen LogP contribution < -0.4 is 5.73 Å². The largest absolute Gasteiger partial charge is 0.395 e. The summed E-state index contributed by atoms with van der Waals surface area (Å²) in [7, 11) is 0. The van der Waals surface area contributed by atoms with Crippen LogP contribution >= 0.6 is 11.3 Å². The van der Waals surface area contributed by atoms with E-state index >= 15 is 0 Å². The number of nitrogens with two attached hydrogens (primary N) is 1. The predicted octanol–water partition coefficient (Wildman–Crippen LogP) is 0.819. The van der Waals surface area contributed by atoms with Gasteiger partial charge >= 0.3 is 0 Å². The number of carbonyl (C=O) groups excluding carboxylic acids is 2. The fraction of sp³-hybridized carbons (Fsp3) is 0.467. The molecule has 6 heteroatoms. The molecule has 2 heterocycles. The minimum absolute atomic E-state index is 0.0237. The van der Waals surface area contributed by atoms with E-state index in [1.54, 1.807) is 16.3 Å². The van der Waals surface area contributed by atoms with E-state index in [0.717, 1.165) is 4.88 Å². The molecule has 1 aromatic heterocycles. The van der Waals surface area contributed by atoms with Gasteiger partial charge in [-0.3, -0.25) is 9.59 Å². The molecule has 0 atom stereocenters. The zero-order chi connectivity index (χ0) is 15.2. The van der Waals surface area contributed by atoms with Crippen LogP contribution in [0.25, 0.3) is 0 Å². The molecule has 1 aromatic rings. The monoisotopic (exact) mass is 306 g/mol. The molecular formula is C15H18N2O3S. The highest BCUT2D eigenvalue weighted by Crippen LogP contribution is 2.21. The standard InChI is InChI=1S/C15H18N2O3S/c16-14(19)11-4-6-17(7-5-11)15(20)12-9-13(21-10-12)3-1-2-8-18/h9-11,18H,2,4-8H2,(H2,16,19). The van der Waals surface area contributed by atoms with Crippen LogP contribution in [-0.2, 0) is 4.79 Å². The van der Waals surface area contributed by atoms with Gasteiger partial charge in [-0.2, -0.15) is 0 Å². The first-order valence-corrected chi connectivity index (χ1v) is 7.76. The molecular weight excluding hydrogens is 288 g/mol. The van der Waals surface area contributed by atoms with Crippen LogP contribution in [-0.4, -0.2) is 41.5 Å². The summed E-state index contributed by atoms with van der Waals surface area (Å²) >= 11 is 1.42. The Morgan fingerprint density at radius 1 is 1.43 bits per heavy atom. The Kier molecular flexibility index (Phi) is 5.37. The Balaban J connectivity index is 1.95. The van der Waals surface area contributed by atoms with E-state index in [1.165, 1.54) is 11.3 Å². The second-order valence-corrected chi connectivity index (χ2v) is 5.86. The lowest BCUT2D eigenvalue weighted by Crippen LogP contribution is -2.41. The van der Waals surface area contributed by atoms with Crippen molar-refractivity contribution in [3.63, 3.8) is 0 Å². The smallest absolute Gasteiger partial charge is 0.254 e. The van der Waals surface area contributed by atoms with E-state index in [2.05, 4.69) is 11.8 Å². The molecule has 2 rings (SSSR count). The highest BCUT2D eigenvalue weighted by molar-refractivity contribution is 7.10. The number of thiophene rings is 1.